The molecule has 0 unspecified atom stereocenters. The smallest absolute Gasteiger partial charge is 0.0129 e. The van der Waals surface area contributed by atoms with E-state index in [0.717, 1.165) is 5.92 Å². The summed E-state index contributed by atoms with van der Waals surface area (Å²) < 4.78 is 0. The summed E-state index contributed by atoms with van der Waals surface area (Å²) in [6.07, 6.45) is 8.53. The summed E-state index contributed by atoms with van der Waals surface area (Å²) in [7, 11) is 0. The molecule has 0 bridgehead atoms. The van der Waals surface area contributed by atoms with Crippen LogP contribution in [-0.2, 0) is 11.8 Å². The lowest BCUT2D eigenvalue weighted by molar-refractivity contribution is 0.356. The van der Waals surface area contributed by atoms with Gasteiger partial charge in [0, 0.05) is 0 Å². The van der Waals surface area contributed by atoms with Crippen molar-refractivity contribution in [2.24, 2.45) is 5.92 Å². The predicted octanol–water partition coefficient (Wildman–Crippen LogP) is 5.42. The molecule has 0 heteroatoms. The van der Waals surface area contributed by atoms with Crippen LogP contribution in [0.1, 0.15) is 69.6 Å². The van der Waals surface area contributed by atoms with Crippen LogP contribution >= 0.6 is 0 Å². The van der Waals surface area contributed by atoms with E-state index in [9.17, 15) is 0 Å². The molecule has 0 heterocycles. The summed E-state index contributed by atoms with van der Waals surface area (Å²) in [6.45, 7) is 9.20. The normalized spacial score (nSPS) is 18.0. The van der Waals surface area contributed by atoms with Crippen molar-refractivity contribution in [2.45, 2.75) is 71.6 Å². The monoisotopic (exact) mass is 244 g/mol. The summed E-state index contributed by atoms with van der Waals surface area (Å²) in [4.78, 5) is 0. The Morgan fingerprint density at radius 2 is 1.72 bits per heavy atom. The van der Waals surface area contributed by atoms with E-state index in [1.807, 2.05) is 0 Å². The molecule has 0 atom stereocenters. The Balaban J connectivity index is 2.14. The average molecular weight is 244 g/mol. The van der Waals surface area contributed by atoms with Crippen molar-refractivity contribution in [1.29, 1.82) is 0 Å². The lowest BCUT2D eigenvalue weighted by Crippen LogP contribution is -2.15. The highest BCUT2D eigenvalue weighted by molar-refractivity contribution is 5.36. The Morgan fingerprint density at radius 1 is 1.06 bits per heavy atom. The first-order chi connectivity index (χ1) is 8.47. The summed E-state index contributed by atoms with van der Waals surface area (Å²) in [5.41, 5.74) is 4.79. The number of hydrogen-bond donors (Lipinski definition) is 0. The quantitative estimate of drug-likeness (QED) is 0.652. The lowest BCUT2D eigenvalue weighted by atomic mass is 9.80. The van der Waals surface area contributed by atoms with Gasteiger partial charge in [-0.2, -0.15) is 0 Å². The Bertz CT molecular complexity index is 389. The van der Waals surface area contributed by atoms with Crippen molar-refractivity contribution in [3.05, 3.63) is 34.9 Å². The second kappa shape index (κ2) is 5.47. The molecular formula is C18H28. The van der Waals surface area contributed by atoms with Crippen LogP contribution < -0.4 is 0 Å². The van der Waals surface area contributed by atoms with Gasteiger partial charge in [-0.15, -0.1) is 0 Å². The van der Waals surface area contributed by atoms with Gasteiger partial charge in [-0.25, -0.2) is 0 Å². The maximum atomic E-state index is 2.46. The fraction of sp³-hybridized carbons (Fsp3) is 0.667. The average Bonchev–Trinajstić information content (AvgIpc) is 2.31. The van der Waals surface area contributed by atoms with Gasteiger partial charge < -0.3 is 0 Å². The molecule has 1 aliphatic carbocycles. The van der Waals surface area contributed by atoms with Crippen LogP contribution in [0.4, 0.5) is 0 Å². The first-order valence-corrected chi connectivity index (χ1v) is 7.57. The summed E-state index contributed by atoms with van der Waals surface area (Å²) in [5, 5.41) is 0. The SMILES string of the molecule is Cc1ccc(CC2CCCCC2)cc1C(C)(C)C. The lowest BCUT2D eigenvalue weighted by Gasteiger charge is -2.25. The van der Waals surface area contributed by atoms with Crippen LogP contribution in [0.15, 0.2) is 18.2 Å². The van der Waals surface area contributed by atoms with E-state index < -0.39 is 0 Å². The highest BCUT2D eigenvalue weighted by Crippen LogP contribution is 2.30. The van der Waals surface area contributed by atoms with E-state index in [0.29, 0.717) is 0 Å². The molecule has 0 spiro atoms. The van der Waals surface area contributed by atoms with Gasteiger partial charge in [0.1, 0.15) is 0 Å². The Labute approximate surface area is 113 Å². The fourth-order valence-corrected chi connectivity index (χ4v) is 3.33. The van der Waals surface area contributed by atoms with Crippen LogP contribution in [0.2, 0.25) is 0 Å². The molecular weight excluding hydrogens is 216 g/mol. The van der Waals surface area contributed by atoms with E-state index in [4.69, 9.17) is 0 Å². The van der Waals surface area contributed by atoms with E-state index in [2.05, 4.69) is 45.9 Å². The highest BCUT2D eigenvalue weighted by Gasteiger charge is 2.18. The number of hydrogen-bond acceptors (Lipinski definition) is 0. The second-order valence-corrected chi connectivity index (χ2v) is 7.11. The molecule has 0 nitrogen and oxygen atoms in total. The molecule has 1 aliphatic rings. The molecule has 1 saturated carbocycles. The van der Waals surface area contributed by atoms with Gasteiger partial charge >= 0.3 is 0 Å². The third kappa shape index (κ3) is 3.37. The van der Waals surface area contributed by atoms with Crippen molar-refractivity contribution < 1.29 is 0 Å². The predicted molar refractivity (Wildman–Crippen MR) is 80.2 cm³/mol. The molecule has 1 fully saturated rings. The van der Waals surface area contributed by atoms with Crippen molar-refractivity contribution in [1.82, 2.24) is 0 Å². The zero-order chi connectivity index (χ0) is 13.2. The second-order valence-electron chi connectivity index (χ2n) is 7.11. The number of benzene rings is 1. The standard InChI is InChI=1S/C18H28/c1-14-10-11-16(13-17(14)18(2,3)4)12-15-8-6-5-7-9-15/h10-11,13,15H,5-9,12H2,1-4H3. The van der Waals surface area contributed by atoms with E-state index in [1.165, 1.54) is 49.7 Å². The molecule has 1 aromatic carbocycles. The van der Waals surface area contributed by atoms with Crippen LogP contribution in [0.25, 0.3) is 0 Å². The number of rotatable bonds is 2. The molecule has 1 aromatic rings. The van der Waals surface area contributed by atoms with Crippen LogP contribution in [0, 0.1) is 12.8 Å². The molecule has 0 aliphatic heterocycles. The minimum atomic E-state index is 0.270. The molecule has 100 valence electrons. The Hall–Kier alpha value is -0.780. The number of aryl methyl sites for hydroxylation is 1. The molecule has 0 radical (unpaired) electrons. The maximum Gasteiger partial charge on any atom is -0.0129 e. The molecule has 0 aromatic heterocycles. The van der Waals surface area contributed by atoms with Gasteiger partial charge in [-0.1, -0.05) is 71.1 Å². The van der Waals surface area contributed by atoms with Crippen LogP contribution in [-0.4, -0.2) is 0 Å². The first kappa shape index (κ1) is 13.6. The largest absolute Gasteiger partial charge is 0.0588 e. The maximum absolute atomic E-state index is 2.46. The summed E-state index contributed by atoms with van der Waals surface area (Å²) in [6, 6.07) is 7.13. The van der Waals surface area contributed by atoms with Gasteiger partial charge in [0.2, 0.25) is 0 Å². The first-order valence-electron chi connectivity index (χ1n) is 7.57. The third-order valence-corrected chi connectivity index (χ3v) is 4.36. The van der Waals surface area contributed by atoms with Crippen molar-refractivity contribution >= 4 is 0 Å². The zero-order valence-electron chi connectivity index (χ0n) is 12.6. The Morgan fingerprint density at radius 3 is 2.33 bits per heavy atom. The fourth-order valence-electron chi connectivity index (χ4n) is 3.33. The van der Waals surface area contributed by atoms with E-state index in [-0.39, 0.29) is 5.41 Å². The minimum Gasteiger partial charge on any atom is -0.0588 e. The molecule has 2 rings (SSSR count). The molecule has 0 saturated heterocycles. The van der Waals surface area contributed by atoms with E-state index >= 15 is 0 Å². The Kier molecular flexibility index (Phi) is 4.14. The van der Waals surface area contributed by atoms with Gasteiger partial charge in [0.15, 0.2) is 0 Å². The highest BCUT2D eigenvalue weighted by atomic mass is 14.2. The zero-order valence-corrected chi connectivity index (χ0v) is 12.6. The minimum absolute atomic E-state index is 0.270. The van der Waals surface area contributed by atoms with Gasteiger partial charge in [0.25, 0.3) is 0 Å². The van der Waals surface area contributed by atoms with Gasteiger partial charge in [-0.05, 0) is 41.4 Å². The third-order valence-electron chi connectivity index (χ3n) is 4.36. The van der Waals surface area contributed by atoms with Crippen molar-refractivity contribution in [3.63, 3.8) is 0 Å². The van der Waals surface area contributed by atoms with Crippen LogP contribution in [0.5, 0.6) is 0 Å². The van der Waals surface area contributed by atoms with Crippen LogP contribution in [0.3, 0.4) is 0 Å². The van der Waals surface area contributed by atoms with E-state index in [1.54, 1.807) is 5.56 Å². The van der Waals surface area contributed by atoms with Crippen molar-refractivity contribution in [3.8, 4) is 0 Å². The van der Waals surface area contributed by atoms with Gasteiger partial charge in [-0.3, -0.25) is 0 Å². The molecule has 0 N–H and O–H groups in total. The van der Waals surface area contributed by atoms with Crippen molar-refractivity contribution in [2.75, 3.05) is 0 Å². The summed E-state index contributed by atoms with van der Waals surface area (Å²) in [5.74, 6) is 0.939. The van der Waals surface area contributed by atoms with Gasteiger partial charge in [0.05, 0.1) is 0 Å². The molecule has 0 amide bonds. The molecule has 18 heavy (non-hydrogen) atoms. The topological polar surface area (TPSA) is 0 Å². The summed E-state index contributed by atoms with van der Waals surface area (Å²) >= 11 is 0.